The second-order valence-corrected chi connectivity index (χ2v) is 6.50. The van der Waals surface area contributed by atoms with Gasteiger partial charge in [-0.3, -0.25) is 0 Å². The number of nitrogens with zero attached hydrogens (tertiary/aromatic N) is 2. The van der Waals surface area contributed by atoms with Crippen molar-refractivity contribution in [3.05, 3.63) is 102 Å². The lowest BCUT2D eigenvalue weighted by Crippen LogP contribution is -1.97. The summed E-state index contributed by atoms with van der Waals surface area (Å²) in [6.07, 6.45) is 1.63. The summed E-state index contributed by atoms with van der Waals surface area (Å²) in [7, 11) is 0. The van der Waals surface area contributed by atoms with E-state index in [1.807, 2.05) is 54.6 Å². The molecule has 1 N–H and O–H groups in total. The SMILES string of the molecule is Oc1ccc2ccccc2c1/C=N\N=C1c2ccccc2-c2ccccc21. The van der Waals surface area contributed by atoms with Crippen LogP contribution in [0.4, 0.5) is 0 Å². The number of hydrogen-bond donors (Lipinski definition) is 1. The zero-order chi connectivity index (χ0) is 18.2. The Kier molecular flexibility index (Phi) is 3.58. The van der Waals surface area contributed by atoms with Crippen LogP contribution in [0.15, 0.2) is 95.1 Å². The van der Waals surface area contributed by atoms with Gasteiger partial charge in [-0.1, -0.05) is 78.9 Å². The molecule has 4 aromatic carbocycles. The highest BCUT2D eigenvalue weighted by Crippen LogP contribution is 2.36. The predicted molar refractivity (Wildman–Crippen MR) is 111 cm³/mol. The molecule has 0 heterocycles. The molecule has 0 aliphatic heterocycles. The van der Waals surface area contributed by atoms with E-state index in [1.165, 1.54) is 11.1 Å². The van der Waals surface area contributed by atoms with Gasteiger partial charge in [0.2, 0.25) is 0 Å². The summed E-state index contributed by atoms with van der Waals surface area (Å²) in [5, 5.41) is 21.1. The number of hydrogen-bond acceptors (Lipinski definition) is 3. The predicted octanol–water partition coefficient (Wildman–Crippen LogP) is 5.40. The van der Waals surface area contributed by atoms with E-state index in [0.717, 1.165) is 27.6 Å². The van der Waals surface area contributed by atoms with Crippen LogP contribution in [0.1, 0.15) is 16.7 Å². The smallest absolute Gasteiger partial charge is 0.125 e. The van der Waals surface area contributed by atoms with Crippen LogP contribution in [-0.4, -0.2) is 17.0 Å². The zero-order valence-corrected chi connectivity index (χ0v) is 14.5. The minimum atomic E-state index is 0.199. The summed E-state index contributed by atoms with van der Waals surface area (Å²) in [4.78, 5) is 0. The molecule has 0 unspecified atom stereocenters. The van der Waals surface area contributed by atoms with Crippen LogP contribution in [0.2, 0.25) is 0 Å². The van der Waals surface area contributed by atoms with Crippen molar-refractivity contribution in [2.75, 3.05) is 0 Å². The maximum Gasteiger partial charge on any atom is 0.125 e. The number of aromatic hydroxyl groups is 1. The summed E-state index contributed by atoms with van der Waals surface area (Å²) in [5.41, 5.74) is 6.05. The van der Waals surface area contributed by atoms with Crippen LogP contribution in [0, 0.1) is 0 Å². The van der Waals surface area contributed by atoms with E-state index in [0.29, 0.717) is 5.56 Å². The van der Waals surface area contributed by atoms with Crippen molar-refractivity contribution in [1.82, 2.24) is 0 Å². The number of phenolic OH excluding ortho intramolecular Hbond substituents is 1. The molecule has 0 aromatic heterocycles. The monoisotopic (exact) mass is 348 g/mol. The second kappa shape index (κ2) is 6.22. The Labute approximate surface area is 157 Å². The van der Waals surface area contributed by atoms with E-state index in [1.54, 1.807) is 12.3 Å². The van der Waals surface area contributed by atoms with E-state index < -0.39 is 0 Å². The number of benzene rings is 4. The Bertz CT molecular complexity index is 1190. The molecular formula is C24H16N2O. The van der Waals surface area contributed by atoms with E-state index in [9.17, 15) is 5.11 Å². The van der Waals surface area contributed by atoms with Gasteiger partial charge in [-0.05, 0) is 28.0 Å². The van der Waals surface area contributed by atoms with Gasteiger partial charge in [0.1, 0.15) is 11.5 Å². The van der Waals surface area contributed by atoms with Crippen molar-refractivity contribution in [2.24, 2.45) is 10.2 Å². The van der Waals surface area contributed by atoms with Crippen LogP contribution in [0.3, 0.4) is 0 Å². The van der Waals surface area contributed by atoms with Crippen LogP contribution < -0.4 is 0 Å². The fourth-order valence-electron chi connectivity index (χ4n) is 3.67. The van der Waals surface area contributed by atoms with Crippen LogP contribution in [0.5, 0.6) is 5.75 Å². The number of fused-ring (bicyclic) bond motifs is 4. The Morgan fingerprint density at radius 3 is 1.93 bits per heavy atom. The van der Waals surface area contributed by atoms with Crippen LogP contribution in [0.25, 0.3) is 21.9 Å². The first kappa shape index (κ1) is 15.5. The molecule has 0 atom stereocenters. The quantitative estimate of drug-likeness (QED) is 0.337. The Morgan fingerprint density at radius 1 is 0.630 bits per heavy atom. The zero-order valence-electron chi connectivity index (χ0n) is 14.5. The average Bonchev–Trinajstić information content (AvgIpc) is 3.04. The maximum absolute atomic E-state index is 10.3. The van der Waals surface area contributed by atoms with Crippen molar-refractivity contribution in [3.8, 4) is 16.9 Å². The maximum atomic E-state index is 10.3. The van der Waals surface area contributed by atoms with Gasteiger partial charge < -0.3 is 5.11 Å². The molecule has 0 fully saturated rings. The molecule has 27 heavy (non-hydrogen) atoms. The van der Waals surface area contributed by atoms with Crippen molar-refractivity contribution >= 4 is 22.7 Å². The van der Waals surface area contributed by atoms with Crippen LogP contribution in [-0.2, 0) is 0 Å². The molecule has 0 saturated carbocycles. The Hall–Kier alpha value is -3.72. The molecule has 1 aliphatic rings. The molecule has 0 bridgehead atoms. The summed E-state index contributed by atoms with van der Waals surface area (Å²) in [6.45, 7) is 0. The summed E-state index contributed by atoms with van der Waals surface area (Å²) in [5.74, 6) is 0.199. The Balaban J connectivity index is 1.62. The first-order valence-corrected chi connectivity index (χ1v) is 8.84. The molecule has 128 valence electrons. The van der Waals surface area contributed by atoms with Crippen molar-refractivity contribution in [2.45, 2.75) is 0 Å². The second-order valence-electron chi connectivity index (χ2n) is 6.50. The first-order valence-electron chi connectivity index (χ1n) is 8.84. The number of rotatable bonds is 2. The summed E-state index contributed by atoms with van der Waals surface area (Å²) >= 11 is 0. The lowest BCUT2D eigenvalue weighted by Gasteiger charge is -2.04. The van der Waals surface area contributed by atoms with E-state index in [2.05, 4.69) is 34.5 Å². The molecule has 0 amide bonds. The average molecular weight is 348 g/mol. The molecular weight excluding hydrogens is 332 g/mol. The van der Waals surface area contributed by atoms with Crippen LogP contribution >= 0.6 is 0 Å². The molecule has 0 radical (unpaired) electrons. The third kappa shape index (κ3) is 2.52. The van der Waals surface area contributed by atoms with E-state index in [4.69, 9.17) is 0 Å². The summed E-state index contributed by atoms with van der Waals surface area (Å²) in [6, 6.07) is 28.0. The van der Waals surface area contributed by atoms with Crippen molar-refractivity contribution in [3.63, 3.8) is 0 Å². The topological polar surface area (TPSA) is 45.0 Å². The highest BCUT2D eigenvalue weighted by molar-refractivity contribution is 6.24. The standard InChI is InChI=1S/C24H16N2O/c27-23-14-13-16-7-1-2-8-17(16)22(23)15-25-26-24-20-11-5-3-9-18(20)19-10-4-6-12-21(19)24/h1-15,27H/b25-15-. The third-order valence-corrected chi connectivity index (χ3v) is 4.95. The fourth-order valence-corrected chi connectivity index (χ4v) is 3.67. The first-order chi connectivity index (χ1) is 13.3. The van der Waals surface area contributed by atoms with Gasteiger partial charge in [-0.15, -0.1) is 5.10 Å². The fraction of sp³-hybridized carbons (Fsp3) is 0. The molecule has 0 spiro atoms. The summed E-state index contributed by atoms with van der Waals surface area (Å²) < 4.78 is 0. The largest absolute Gasteiger partial charge is 0.507 e. The van der Waals surface area contributed by atoms with Crippen molar-refractivity contribution in [1.29, 1.82) is 0 Å². The molecule has 1 aliphatic carbocycles. The highest BCUT2D eigenvalue weighted by atomic mass is 16.3. The number of phenols is 1. The third-order valence-electron chi connectivity index (χ3n) is 4.95. The molecule has 3 nitrogen and oxygen atoms in total. The minimum absolute atomic E-state index is 0.199. The van der Waals surface area contributed by atoms with Gasteiger partial charge in [0.05, 0.1) is 6.21 Å². The molecule has 3 heteroatoms. The molecule has 5 rings (SSSR count). The lowest BCUT2D eigenvalue weighted by atomic mass is 10.0. The van der Waals surface area contributed by atoms with Gasteiger partial charge in [-0.2, -0.15) is 5.10 Å². The van der Waals surface area contributed by atoms with Gasteiger partial charge in [-0.25, -0.2) is 0 Å². The van der Waals surface area contributed by atoms with Gasteiger partial charge >= 0.3 is 0 Å². The van der Waals surface area contributed by atoms with Gasteiger partial charge in [0, 0.05) is 16.7 Å². The molecule has 4 aromatic rings. The van der Waals surface area contributed by atoms with Crippen molar-refractivity contribution < 1.29 is 5.11 Å². The lowest BCUT2D eigenvalue weighted by molar-refractivity contribution is 0.475. The normalized spacial score (nSPS) is 12.4. The van der Waals surface area contributed by atoms with Gasteiger partial charge in [0.25, 0.3) is 0 Å². The Morgan fingerprint density at radius 2 is 1.22 bits per heavy atom. The highest BCUT2D eigenvalue weighted by Gasteiger charge is 2.23. The van der Waals surface area contributed by atoms with E-state index in [-0.39, 0.29) is 5.75 Å². The van der Waals surface area contributed by atoms with Gasteiger partial charge in [0.15, 0.2) is 0 Å². The van der Waals surface area contributed by atoms with E-state index >= 15 is 0 Å². The molecule has 0 saturated heterocycles. The minimum Gasteiger partial charge on any atom is -0.507 e.